The van der Waals surface area contributed by atoms with Gasteiger partial charge in [-0.15, -0.1) is 5.10 Å². The van der Waals surface area contributed by atoms with Crippen molar-refractivity contribution in [2.45, 2.75) is 58.4 Å². The highest BCUT2D eigenvalue weighted by Crippen LogP contribution is 2.09. The van der Waals surface area contributed by atoms with Gasteiger partial charge in [-0.05, 0) is 6.42 Å². The molecular weight excluding hydrogens is 234 g/mol. The first-order valence-electron chi connectivity index (χ1n) is 6.43. The largest absolute Gasteiger partial charge is 0.434 e. The summed E-state index contributed by atoms with van der Waals surface area (Å²) in [4.78, 5) is 21.9. The number of unbranched alkanes of at least 4 members (excludes halogenated alkanes) is 3. The predicted octanol–water partition coefficient (Wildman–Crippen LogP) is 1.38. The summed E-state index contributed by atoms with van der Waals surface area (Å²) in [6.07, 6.45) is 5.90. The Bertz CT molecular complexity index is 411. The molecular formula is C12H21N3O3. The van der Waals surface area contributed by atoms with Gasteiger partial charge in [0.2, 0.25) is 11.8 Å². The lowest BCUT2D eigenvalue weighted by atomic mass is 10.0. The van der Waals surface area contributed by atoms with Crippen molar-refractivity contribution in [2.75, 3.05) is 0 Å². The molecule has 2 N–H and O–H groups in total. The van der Waals surface area contributed by atoms with Crippen molar-refractivity contribution in [3.63, 3.8) is 0 Å². The third-order valence-electron chi connectivity index (χ3n) is 2.72. The molecule has 1 heterocycles. The first-order chi connectivity index (χ1) is 8.61. The van der Waals surface area contributed by atoms with E-state index in [1.165, 1.54) is 19.8 Å². The molecule has 6 nitrogen and oxygen atoms in total. The summed E-state index contributed by atoms with van der Waals surface area (Å²) in [7, 11) is 0. The zero-order valence-electron chi connectivity index (χ0n) is 11.0. The Morgan fingerprint density at radius 2 is 2.22 bits per heavy atom. The molecule has 0 spiro atoms. The van der Waals surface area contributed by atoms with E-state index < -0.39 is 5.76 Å². The molecule has 0 aliphatic heterocycles. The fourth-order valence-corrected chi connectivity index (χ4v) is 1.89. The molecule has 1 unspecified atom stereocenters. The van der Waals surface area contributed by atoms with Crippen LogP contribution in [0.15, 0.2) is 9.21 Å². The lowest BCUT2D eigenvalue weighted by Gasteiger charge is -2.15. The molecule has 1 atom stereocenters. The Morgan fingerprint density at radius 3 is 2.78 bits per heavy atom. The molecule has 102 valence electrons. The van der Waals surface area contributed by atoms with Crippen LogP contribution in [-0.4, -0.2) is 22.1 Å². The maximum atomic E-state index is 11.1. The van der Waals surface area contributed by atoms with E-state index in [0.29, 0.717) is 12.3 Å². The van der Waals surface area contributed by atoms with Crippen molar-refractivity contribution in [1.82, 2.24) is 15.5 Å². The number of H-pyrrole nitrogens is 1. The lowest BCUT2D eigenvalue weighted by molar-refractivity contribution is -0.119. The molecule has 0 aromatic carbocycles. The molecule has 0 radical (unpaired) electrons. The molecule has 1 amide bonds. The Labute approximate surface area is 106 Å². The summed E-state index contributed by atoms with van der Waals surface area (Å²) in [6, 6.07) is -0.0224. The first-order valence-corrected chi connectivity index (χ1v) is 6.43. The van der Waals surface area contributed by atoms with Crippen molar-refractivity contribution >= 4 is 5.91 Å². The average Bonchev–Trinajstić information content (AvgIpc) is 2.69. The van der Waals surface area contributed by atoms with Crippen LogP contribution in [-0.2, 0) is 11.2 Å². The predicted molar refractivity (Wildman–Crippen MR) is 67.2 cm³/mol. The fourth-order valence-electron chi connectivity index (χ4n) is 1.89. The second kappa shape index (κ2) is 7.68. The quantitative estimate of drug-likeness (QED) is 0.687. The van der Waals surface area contributed by atoms with Gasteiger partial charge < -0.3 is 9.73 Å². The summed E-state index contributed by atoms with van der Waals surface area (Å²) in [6.45, 7) is 3.64. The van der Waals surface area contributed by atoms with Crippen LogP contribution < -0.4 is 11.1 Å². The van der Waals surface area contributed by atoms with E-state index in [1.807, 2.05) is 0 Å². The van der Waals surface area contributed by atoms with Crippen molar-refractivity contribution in [3.8, 4) is 0 Å². The zero-order valence-corrected chi connectivity index (χ0v) is 11.0. The standard InChI is InChI=1S/C12H21N3O3/c1-3-4-5-6-7-10(13-9(2)16)8-11-14-15-12(17)18-11/h10H,3-8H2,1-2H3,(H,13,16)(H,15,17). The van der Waals surface area contributed by atoms with E-state index in [0.717, 1.165) is 19.3 Å². The Kier molecular flexibility index (Phi) is 6.18. The number of carbonyl (C=O) groups excluding carboxylic acids is 1. The van der Waals surface area contributed by atoms with Gasteiger partial charge in [0.25, 0.3) is 0 Å². The van der Waals surface area contributed by atoms with E-state index >= 15 is 0 Å². The van der Waals surface area contributed by atoms with Gasteiger partial charge >= 0.3 is 5.76 Å². The highest BCUT2D eigenvalue weighted by Gasteiger charge is 2.14. The number of carbonyl (C=O) groups is 1. The van der Waals surface area contributed by atoms with Gasteiger partial charge in [-0.25, -0.2) is 9.89 Å². The molecule has 18 heavy (non-hydrogen) atoms. The molecule has 0 aliphatic rings. The number of nitrogens with zero attached hydrogens (tertiary/aromatic N) is 1. The van der Waals surface area contributed by atoms with E-state index in [2.05, 4.69) is 22.4 Å². The fraction of sp³-hybridized carbons (Fsp3) is 0.750. The first kappa shape index (κ1) is 14.5. The zero-order chi connectivity index (χ0) is 13.4. The second-order valence-electron chi connectivity index (χ2n) is 4.46. The molecule has 6 heteroatoms. The van der Waals surface area contributed by atoms with Gasteiger partial charge in [0.15, 0.2) is 0 Å². The highest BCUT2D eigenvalue weighted by atomic mass is 16.4. The number of hydrogen-bond donors (Lipinski definition) is 2. The van der Waals surface area contributed by atoms with Gasteiger partial charge in [-0.3, -0.25) is 4.79 Å². The third-order valence-corrected chi connectivity index (χ3v) is 2.72. The monoisotopic (exact) mass is 255 g/mol. The van der Waals surface area contributed by atoms with Crippen molar-refractivity contribution < 1.29 is 9.21 Å². The third kappa shape index (κ3) is 5.65. The molecule has 0 saturated carbocycles. The van der Waals surface area contributed by atoms with E-state index in [1.54, 1.807) is 0 Å². The van der Waals surface area contributed by atoms with Gasteiger partial charge in [-0.1, -0.05) is 32.6 Å². The van der Waals surface area contributed by atoms with Crippen molar-refractivity contribution in [3.05, 3.63) is 16.4 Å². The summed E-state index contributed by atoms with van der Waals surface area (Å²) in [5, 5.41) is 8.83. The SMILES string of the molecule is CCCCCCC(Cc1n[nH]c(=O)o1)NC(C)=O. The number of amides is 1. The Morgan fingerprint density at radius 1 is 1.44 bits per heavy atom. The van der Waals surface area contributed by atoms with Gasteiger partial charge in [0.1, 0.15) is 0 Å². The lowest BCUT2D eigenvalue weighted by Crippen LogP contribution is -2.34. The van der Waals surface area contributed by atoms with Crippen LogP contribution in [0.25, 0.3) is 0 Å². The van der Waals surface area contributed by atoms with Gasteiger partial charge in [0.05, 0.1) is 0 Å². The molecule has 0 aliphatic carbocycles. The average molecular weight is 255 g/mol. The Balaban J connectivity index is 2.44. The molecule has 0 fully saturated rings. The van der Waals surface area contributed by atoms with Crippen LogP contribution in [0.1, 0.15) is 51.8 Å². The van der Waals surface area contributed by atoms with E-state index in [-0.39, 0.29) is 11.9 Å². The van der Waals surface area contributed by atoms with Crippen LogP contribution in [0.2, 0.25) is 0 Å². The van der Waals surface area contributed by atoms with Crippen LogP contribution in [0, 0.1) is 0 Å². The maximum absolute atomic E-state index is 11.1. The van der Waals surface area contributed by atoms with Crippen LogP contribution in [0.5, 0.6) is 0 Å². The van der Waals surface area contributed by atoms with Gasteiger partial charge in [0, 0.05) is 19.4 Å². The van der Waals surface area contributed by atoms with Crippen LogP contribution >= 0.6 is 0 Å². The minimum absolute atomic E-state index is 0.0224. The van der Waals surface area contributed by atoms with E-state index in [4.69, 9.17) is 4.42 Å². The number of nitrogens with one attached hydrogen (secondary N) is 2. The molecule has 1 rings (SSSR count). The van der Waals surface area contributed by atoms with Gasteiger partial charge in [-0.2, -0.15) is 0 Å². The van der Waals surface area contributed by atoms with Crippen molar-refractivity contribution in [2.24, 2.45) is 0 Å². The molecule has 1 aromatic rings. The summed E-state index contributed by atoms with van der Waals surface area (Å²) >= 11 is 0. The second-order valence-corrected chi connectivity index (χ2v) is 4.46. The summed E-state index contributed by atoms with van der Waals surface area (Å²) in [5.41, 5.74) is 0. The molecule has 1 aromatic heterocycles. The smallest absolute Gasteiger partial charge is 0.392 e. The summed E-state index contributed by atoms with van der Waals surface area (Å²) in [5.74, 6) is -0.292. The minimum Gasteiger partial charge on any atom is -0.392 e. The highest BCUT2D eigenvalue weighted by molar-refractivity contribution is 5.73. The molecule has 0 saturated heterocycles. The van der Waals surface area contributed by atoms with Crippen molar-refractivity contribution in [1.29, 1.82) is 0 Å². The summed E-state index contributed by atoms with van der Waals surface area (Å²) < 4.78 is 4.85. The number of hydrogen-bond acceptors (Lipinski definition) is 4. The number of rotatable bonds is 8. The normalized spacial score (nSPS) is 12.3. The Hall–Kier alpha value is -1.59. The minimum atomic E-state index is -0.558. The van der Waals surface area contributed by atoms with E-state index in [9.17, 15) is 9.59 Å². The van der Waals surface area contributed by atoms with Crippen LogP contribution in [0.3, 0.4) is 0 Å². The topological polar surface area (TPSA) is 88.0 Å². The maximum Gasteiger partial charge on any atom is 0.434 e. The number of aromatic nitrogens is 2. The number of aromatic amines is 1. The van der Waals surface area contributed by atoms with Crippen LogP contribution in [0.4, 0.5) is 0 Å². The molecule has 0 bridgehead atoms.